The summed E-state index contributed by atoms with van der Waals surface area (Å²) in [5, 5.41) is 6.69. The molecule has 1 saturated carbocycles. The number of carbonyl (C=O) groups is 1. The fraction of sp³-hybridized carbons (Fsp3) is 0.556. The van der Waals surface area contributed by atoms with Gasteiger partial charge in [0.05, 0.1) is 0 Å². The topological polar surface area (TPSA) is 80.9 Å². The summed E-state index contributed by atoms with van der Waals surface area (Å²) < 4.78 is 43.7. The maximum atomic E-state index is 12.8. The van der Waals surface area contributed by atoms with Crippen LogP contribution in [0.5, 0.6) is 0 Å². The Balaban J connectivity index is 1.74. The van der Waals surface area contributed by atoms with Gasteiger partial charge in [-0.2, -0.15) is 18.2 Å². The highest BCUT2D eigenvalue weighted by Crippen LogP contribution is 2.30. The fourth-order valence-electron chi connectivity index (χ4n) is 3.21. The molecular weight excluding hydrogens is 361 g/mol. The van der Waals surface area contributed by atoms with Gasteiger partial charge in [0.25, 0.3) is 0 Å². The minimum Gasteiger partial charge on any atom is -0.344 e. The number of pyridine rings is 1. The third-order valence-corrected chi connectivity index (χ3v) is 4.75. The average Bonchev–Trinajstić information content (AvgIpc) is 3.16. The van der Waals surface area contributed by atoms with Gasteiger partial charge >= 0.3 is 6.18 Å². The van der Waals surface area contributed by atoms with E-state index in [1.54, 1.807) is 0 Å². The summed E-state index contributed by atoms with van der Waals surface area (Å²) in [6.07, 6.45) is 2.01. The smallest absolute Gasteiger partial charge is 0.344 e. The van der Waals surface area contributed by atoms with E-state index in [0.29, 0.717) is 6.42 Å². The van der Waals surface area contributed by atoms with Crippen LogP contribution in [0.15, 0.2) is 22.9 Å². The first-order valence-electron chi connectivity index (χ1n) is 9.06. The van der Waals surface area contributed by atoms with Crippen LogP contribution >= 0.6 is 0 Å². The Morgan fingerprint density at radius 2 is 2.07 bits per heavy atom. The van der Waals surface area contributed by atoms with Gasteiger partial charge in [0, 0.05) is 17.7 Å². The molecule has 1 fully saturated rings. The van der Waals surface area contributed by atoms with E-state index in [1.807, 2.05) is 6.92 Å². The molecule has 6 nitrogen and oxygen atoms in total. The van der Waals surface area contributed by atoms with Gasteiger partial charge in [-0.15, -0.1) is 0 Å². The molecule has 1 N–H and O–H groups in total. The molecule has 2 heterocycles. The molecule has 0 bridgehead atoms. The quantitative estimate of drug-likeness (QED) is 0.834. The van der Waals surface area contributed by atoms with Crippen molar-refractivity contribution in [1.82, 2.24) is 20.4 Å². The first-order valence-corrected chi connectivity index (χ1v) is 9.06. The van der Waals surface area contributed by atoms with Crippen LogP contribution in [-0.2, 0) is 11.0 Å². The molecule has 0 aliphatic heterocycles. The van der Waals surface area contributed by atoms with Crippen LogP contribution in [0.4, 0.5) is 13.2 Å². The molecule has 1 unspecified atom stereocenters. The molecule has 0 spiro atoms. The number of amides is 1. The Labute approximate surface area is 154 Å². The van der Waals surface area contributed by atoms with Crippen LogP contribution in [0.3, 0.4) is 0 Å². The Kier molecular flexibility index (Phi) is 5.76. The highest BCUT2D eigenvalue weighted by Gasteiger charge is 2.33. The van der Waals surface area contributed by atoms with Crippen molar-refractivity contribution in [3.63, 3.8) is 0 Å². The van der Waals surface area contributed by atoms with Gasteiger partial charge in [-0.3, -0.25) is 9.78 Å². The molecule has 0 saturated heterocycles. The van der Waals surface area contributed by atoms with Crippen LogP contribution in [0.2, 0.25) is 0 Å². The van der Waals surface area contributed by atoms with E-state index >= 15 is 0 Å². The number of hydrogen-bond acceptors (Lipinski definition) is 5. The van der Waals surface area contributed by atoms with Crippen LogP contribution in [0.25, 0.3) is 11.4 Å². The van der Waals surface area contributed by atoms with E-state index in [1.165, 1.54) is 6.07 Å². The van der Waals surface area contributed by atoms with Crippen LogP contribution in [0.1, 0.15) is 63.1 Å². The van der Waals surface area contributed by atoms with Crippen molar-refractivity contribution in [3.05, 3.63) is 29.9 Å². The van der Waals surface area contributed by atoms with Gasteiger partial charge in [0.1, 0.15) is 11.7 Å². The molecule has 0 radical (unpaired) electrons. The Bertz CT molecular complexity index is 785. The SMILES string of the molecule is CCC(NC(=O)C1CCCCC1)c1nc(-c2ccnc(C(F)(F)F)c2)no1. The number of halogens is 3. The van der Waals surface area contributed by atoms with Gasteiger partial charge in [-0.1, -0.05) is 31.3 Å². The minimum absolute atomic E-state index is 0.00951. The van der Waals surface area contributed by atoms with Crippen LogP contribution in [0, 0.1) is 5.92 Å². The number of carbonyl (C=O) groups excluding carboxylic acids is 1. The maximum absolute atomic E-state index is 12.8. The number of rotatable bonds is 5. The normalized spacial score (nSPS) is 16.9. The van der Waals surface area contributed by atoms with Gasteiger partial charge in [-0.25, -0.2) is 0 Å². The molecule has 1 aliphatic rings. The highest BCUT2D eigenvalue weighted by atomic mass is 19.4. The van der Waals surface area contributed by atoms with Gasteiger partial charge in [0.2, 0.25) is 17.6 Å². The molecule has 27 heavy (non-hydrogen) atoms. The standard InChI is InChI=1S/C18H21F3N4O2/c1-2-13(23-16(26)11-6-4-3-5-7-11)17-24-15(25-27-17)12-8-9-22-14(10-12)18(19,20)21/h8-11,13H,2-7H2,1H3,(H,23,26). The summed E-state index contributed by atoms with van der Waals surface area (Å²) in [4.78, 5) is 19.9. The van der Waals surface area contributed by atoms with Crippen molar-refractivity contribution in [2.45, 2.75) is 57.7 Å². The van der Waals surface area contributed by atoms with E-state index in [0.717, 1.165) is 44.4 Å². The van der Waals surface area contributed by atoms with Gasteiger partial charge in [0.15, 0.2) is 0 Å². The highest BCUT2D eigenvalue weighted by molar-refractivity contribution is 5.79. The maximum Gasteiger partial charge on any atom is 0.433 e. The summed E-state index contributed by atoms with van der Waals surface area (Å²) in [7, 11) is 0. The molecule has 1 atom stereocenters. The molecule has 1 amide bonds. The van der Waals surface area contributed by atoms with Gasteiger partial charge in [-0.05, 0) is 31.4 Å². The van der Waals surface area contributed by atoms with Crippen molar-refractivity contribution >= 4 is 5.91 Å². The molecule has 9 heteroatoms. The Hall–Kier alpha value is -2.45. The summed E-state index contributed by atoms with van der Waals surface area (Å²) in [5.41, 5.74) is -0.871. The lowest BCUT2D eigenvalue weighted by Gasteiger charge is -2.22. The second-order valence-corrected chi connectivity index (χ2v) is 6.69. The molecule has 3 rings (SSSR count). The second kappa shape index (κ2) is 8.06. The number of alkyl halides is 3. The molecule has 2 aromatic heterocycles. The third kappa shape index (κ3) is 4.64. The van der Waals surface area contributed by atoms with E-state index in [4.69, 9.17) is 4.52 Å². The summed E-state index contributed by atoms with van der Waals surface area (Å²) in [5.74, 6) is 0.166. The summed E-state index contributed by atoms with van der Waals surface area (Å²) >= 11 is 0. The van der Waals surface area contributed by atoms with Crippen molar-refractivity contribution < 1.29 is 22.5 Å². The van der Waals surface area contributed by atoms with Crippen molar-refractivity contribution in [1.29, 1.82) is 0 Å². The predicted molar refractivity (Wildman–Crippen MR) is 90.3 cm³/mol. The Morgan fingerprint density at radius 3 is 2.74 bits per heavy atom. The lowest BCUT2D eigenvalue weighted by Crippen LogP contribution is -2.34. The second-order valence-electron chi connectivity index (χ2n) is 6.69. The molecular formula is C18H21F3N4O2. The number of aromatic nitrogens is 3. The summed E-state index contributed by atoms with van der Waals surface area (Å²) in [6.45, 7) is 1.86. The monoisotopic (exact) mass is 382 g/mol. The zero-order valence-corrected chi connectivity index (χ0v) is 14.9. The average molecular weight is 382 g/mol. The van der Waals surface area contributed by atoms with Crippen molar-refractivity contribution in [3.8, 4) is 11.4 Å². The first kappa shape index (κ1) is 19.3. The largest absolute Gasteiger partial charge is 0.433 e. The molecule has 2 aromatic rings. The van der Waals surface area contributed by atoms with E-state index in [-0.39, 0.29) is 29.1 Å². The van der Waals surface area contributed by atoms with Crippen molar-refractivity contribution in [2.75, 3.05) is 0 Å². The first-order chi connectivity index (χ1) is 12.9. The van der Waals surface area contributed by atoms with Crippen LogP contribution < -0.4 is 5.32 Å². The van der Waals surface area contributed by atoms with E-state index < -0.39 is 17.9 Å². The minimum atomic E-state index is -4.55. The third-order valence-electron chi connectivity index (χ3n) is 4.75. The lowest BCUT2D eigenvalue weighted by molar-refractivity contribution is -0.141. The molecule has 1 aliphatic carbocycles. The molecule has 146 valence electrons. The summed E-state index contributed by atoms with van der Waals surface area (Å²) in [6, 6.07) is 1.78. The number of nitrogens with one attached hydrogen (secondary N) is 1. The van der Waals surface area contributed by atoms with Crippen LogP contribution in [-0.4, -0.2) is 21.0 Å². The van der Waals surface area contributed by atoms with Gasteiger partial charge < -0.3 is 9.84 Å². The predicted octanol–water partition coefficient (Wildman–Crippen LogP) is 4.30. The lowest BCUT2D eigenvalue weighted by atomic mass is 9.88. The van der Waals surface area contributed by atoms with E-state index in [2.05, 4.69) is 20.4 Å². The van der Waals surface area contributed by atoms with E-state index in [9.17, 15) is 18.0 Å². The van der Waals surface area contributed by atoms with Crippen molar-refractivity contribution in [2.24, 2.45) is 5.92 Å². The molecule has 0 aromatic carbocycles. The zero-order chi connectivity index (χ0) is 19.4. The number of nitrogens with zero attached hydrogens (tertiary/aromatic N) is 3. The fourth-order valence-corrected chi connectivity index (χ4v) is 3.21. The Morgan fingerprint density at radius 1 is 1.33 bits per heavy atom. The zero-order valence-electron chi connectivity index (χ0n) is 14.9. The number of hydrogen-bond donors (Lipinski definition) is 1.